The molecule has 2 heterocycles. The van der Waals surface area contributed by atoms with Crippen molar-refractivity contribution in [2.24, 2.45) is 0 Å². The molecule has 11 nitrogen and oxygen atoms in total. The van der Waals surface area contributed by atoms with Crippen molar-refractivity contribution in [2.45, 2.75) is 69.2 Å². The van der Waals surface area contributed by atoms with Crippen molar-refractivity contribution in [2.75, 3.05) is 0 Å². The second kappa shape index (κ2) is 8.32. The van der Waals surface area contributed by atoms with E-state index in [4.69, 9.17) is 14.2 Å². The van der Waals surface area contributed by atoms with Gasteiger partial charge in [0.1, 0.15) is 23.4 Å². The Morgan fingerprint density at radius 1 is 1.12 bits per heavy atom. The van der Waals surface area contributed by atoms with Gasteiger partial charge in [0, 0.05) is 20.8 Å². The lowest BCUT2D eigenvalue weighted by atomic mass is 9.96. The molecule has 1 aromatic carbocycles. The number of nitrogens with zero attached hydrogens (tertiary/aromatic N) is 1. The molecule has 3 atom stereocenters. The molecule has 33 heavy (non-hydrogen) atoms. The molecule has 2 aliphatic rings. The number of β-lactam (4-membered cyclic amide) rings is 1. The number of nitrogens with one attached hydrogen (secondary N) is 1. The Kier molecular flexibility index (Phi) is 6.18. The maximum Gasteiger partial charge on any atom is 0.408 e. The molecule has 180 valence electrons. The lowest BCUT2D eigenvalue weighted by molar-refractivity contribution is -0.219. The van der Waals surface area contributed by atoms with Crippen LogP contribution in [-0.2, 0) is 45.0 Å². The summed E-state index contributed by atoms with van der Waals surface area (Å²) in [5, 5.41) is 0.822. The average molecular weight is 483 g/mol. The van der Waals surface area contributed by atoms with Crippen molar-refractivity contribution < 1.29 is 41.8 Å². The van der Waals surface area contributed by atoms with Crippen molar-refractivity contribution in [3.8, 4) is 0 Å². The standard InChI is InChI=1S/C21H26N2O9S/c1-12(24)31-21(4,5)32-18(26)15-20(2,3)33(28,29)17-14(16(25)23(15)17)22-19(27)30-11-13-9-7-6-8-10-13/h6-10,14-15,17H,11H2,1-5H3,(H,22,27)/t14-,15+,17-/m1/s1. The minimum absolute atomic E-state index is 0.0691. The molecule has 0 unspecified atom stereocenters. The van der Waals surface area contributed by atoms with Crippen LogP contribution >= 0.6 is 0 Å². The minimum atomic E-state index is -4.11. The average Bonchev–Trinajstić information content (AvgIpc) is 2.84. The van der Waals surface area contributed by atoms with Crippen LogP contribution in [0.5, 0.6) is 0 Å². The van der Waals surface area contributed by atoms with Crippen molar-refractivity contribution in [1.82, 2.24) is 10.2 Å². The van der Waals surface area contributed by atoms with E-state index in [1.807, 2.05) is 0 Å². The van der Waals surface area contributed by atoms with Crippen molar-refractivity contribution in [3.05, 3.63) is 35.9 Å². The normalized spacial score (nSPS) is 24.8. The van der Waals surface area contributed by atoms with Crippen LogP contribution in [0, 0.1) is 0 Å². The van der Waals surface area contributed by atoms with E-state index >= 15 is 0 Å². The lowest BCUT2D eigenvalue weighted by Gasteiger charge is -2.43. The van der Waals surface area contributed by atoms with Gasteiger partial charge >= 0.3 is 18.0 Å². The Hall–Kier alpha value is -3.15. The first-order valence-corrected chi connectivity index (χ1v) is 11.7. The number of fused-ring (bicyclic) bond motifs is 1. The summed E-state index contributed by atoms with van der Waals surface area (Å²) >= 11 is 0. The first kappa shape index (κ1) is 24.5. The number of amides is 2. The van der Waals surface area contributed by atoms with Crippen molar-refractivity contribution >= 4 is 33.8 Å². The molecule has 1 N–H and O–H groups in total. The zero-order valence-electron chi connectivity index (χ0n) is 18.9. The maximum absolute atomic E-state index is 13.2. The molecule has 2 fully saturated rings. The fourth-order valence-corrected chi connectivity index (χ4v) is 6.19. The largest absolute Gasteiger partial charge is 0.445 e. The van der Waals surface area contributed by atoms with Gasteiger partial charge in [-0.25, -0.2) is 18.0 Å². The van der Waals surface area contributed by atoms with Crippen molar-refractivity contribution in [3.63, 3.8) is 0 Å². The van der Waals surface area contributed by atoms with E-state index in [0.717, 1.165) is 11.8 Å². The van der Waals surface area contributed by atoms with Crippen LogP contribution in [0.1, 0.15) is 40.2 Å². The van der Waals surface area contributed by atoms with E-state index in [9.17, 15) is 27.6 Å². The molecule has 0 bridgehead atoms. The Balaban J connectivity index is 1.75. The van der Waals surface area contributed by atoms with Crippen LogP contribution < -0.4 is 5.32 Å². The number of carbonyl (C=O) groups excluding carboxylic acids is 4. The second-order valence-electron chi connectivity index (χ2n) is 8.79. The van der Waals surface area contributed by atoms with Gasteiger partial charge in [0.25, 0.3) is 5.79 Å². The molecule has 0 saturated carbocycles. The van der Waals surface area contributed by atoms with Crippen LogP contribution in [0.2, 0.25) is 0 Å². The Bertz CT molecular complexity index is 1080. The topological polar surface area (TPSA) is 145 Å². The molecular weight excluding hydrogens is 456 g/mol. The quantitative estimate of drug-likeness (QED) is 0.354. The van der Waals surface area contributed by atoms with Gasteiger partial charge in [0.15, 0.2) is 15.2 Å². The van der Waals surface area contributed by atoms with E-state index in [2.05, 4.69) is 5.32 Å². The highest BCUT2D eigenvalue weighted by atomic mass is 32.2. The van der Waals surface area contributed by atoms with Gasteiger partial charge in [-0.15, -0.1) is 0 Å². The summed E-state index contributed by atoms with van der Waals surface area (Å²) in [6.45, 7) is 6.27. The zero-order chi connectivity index (χ0) is 24.8. The molecule has 2 amide bonds. The molecule has 0 aromatic heterocycles. The van der Waals surface area contributed by atoms with E-state index in [0.29, 0.717) is 5.56 Å². The number of benzene rings is 1. The fraction of sp³-hybridized carbons (Fsp3) is 0.524. The summed E-state index contributed by atoms with van der Waals surface area (Å²) in [4.78, 5) is 50.0. The molecule has 2 saturated heterocycles. The molecule has 2 aliphatic heterocycles. The van der Waals surface area contributed by atoms with Gasteiger partial charge < -0.3 is 24.4 Å². The predicted octanol–water partition coefficient (Wildman–Crippen LogP) is 0.868. The maximum atomic E-state index is 13.2. The summed E-state index contributed by atoms with van der Waals surface area (Å²) in [6.07, 6.45) is -0.966. The monoisotopic (exact) mass is 482 g/mol. The number of esters is 2. The van der Waals surface area contributed by atoms with E-state index in [1.54, 1.807) is 30.3 Å². The number of alkyl carbamates (subject to hydrolysis) is 1. The number of ether oxygens (including phenoxy) is 3. The highest BCUT2D eigenvalue weighted by Gasteiger charge is 2.73. The summed E-state index contributed by atoms with van der Waals surface area (Å²) in [5.41, 5.74) is 0.710. The zero-order valence-corrected chi connectivity index (χ0v) is 19.7. The van der Waals surface area contributed by atoms with E-state index < -0.39 is 61.8 Å². The van der Waals surface area contributed by atoms with Crippen molar-refractivity contribution in [1.29, 1.82) is 0 Å². The fourth-order valence-electron chi connectivity index (χ4n) is 3.98. The Labute approximate surface area is 191 Å². The number of hydrogen-bond acceptors (Lipinski definition) is 9. The van der Waals surface area contributed by atoms with Gasteiger partial charge in [-0.3, -0.25) is 9.59 Å². The summed E-state index contributed by atoms with van der Waals surface area (Å²) < 4.78 is 39.8. The number of sulfone groups is 1. The molecule has 12 heteroatoms. The summed E-state index contributed by atoms with van der Waals surface area (Å²) in [5.74, 6) is -4.19. The second-order valence-corrected chi connectivity index (χ2v) is 11.4. The van der Waals surface area contributed by atoms with Gasteiger partial charge in [0.05, 0.1) is 0 Å². The third-order valence-electron chi connectivity index (χ3n) is 5.51. The molecule has 0 spiro atoms. The number of hydrogen-bond donors (Lipinski definition) is 1. The molecular formula is C21H26N2O9S. The summed E-state index contributed by atoms with van der Waals surface area (Å²) in [7, 11) is -4.11. The van der Waals surface area contributed by atoms with Gasteiger partial charge in [-0.05, 0) is 19.4 Å². The molecule has 0 radical (unpaired) electrons. The third kappa shape index (κ3) is 4.39. The van der Waals surface area contributed by atoms with Gasteiger partial charge in [-0.2, -0.15) is 0 Å². The van der Waals surface area contributed by atoms with Gasteiger partial charge in [0.2, 0.25) is 5.91 Å². The SMILES string of the molecule is CC(=O)OC(C)(C)OC(=O)[C@@H]1N2C(=O)[C@@H](NC(=O)OCc3ccccc3)[C@H]2S(=O)(=O)C1(C)C. The third-order valence-corrected chi connectivity index (χ3v) is 8.34. The van der Waals surface area contributed by atoms with Crippen LogP contribution in [0.15, 0.2) is 30.3 Å². The Morgan fingerprint density at radius 2 is 1.73 bits per heavy atom. The first-order chi connectivity index (χ1) is 15.2. The van der Waals surface area contributed by atoms with Crippen LogP contribution in [0.4, 0.5) is 4.79 Å². The molecule has 1 aromatic rings. The molecule has 0 aliphatic carbocycles. The lowest BCUT2D eigenvalue weighted by Crippen LogP contribution is -2.72. The first-order valence-electron chi connectivity index (χ1n) is 10.1. The molecule has 3 rings (SSSR count). The highest BCUT2D eigenvalue weighted by Crippen LogP contribution is 2.46. The van der Waals surface area contributed by atoms with E-state index in [1.165, 1.54) is 27.7 Å². The Morgan fingerprint density at radius 3 is 2.30 bits per heavy atom. The predicted molar refractivity (Wildman–Crippen MR) is 113 cm³/mol. The minimum Gasteiger partial charge on any atom is -0.445 e. The smallest absolute Gasteiger partial charge is 0.408 e. The van der Waals surface area contributed by atoms with Crippen LogP contribution in [0.3, 0.4) is 0 Å². The van der Waals surface area contributed by atoms with Gasteiger partial charge in [-0.1, -0.05) is 30.3 Å². The number of carbonyl (C=O) groups is 4. The summed E-state index contributed by atoms with van der Waals surface area (Å²) in [6, 6.07) is 5.90. The van der Waals surface area contributed by atoms with E-state index in [-0.39, 0.29) is 6.61 Å². The highest BCUT2D eigenvalue weighted by molar-refractivity contribution is 7.94. The number of rotatable bonds is 6. The van der Waals surface area contributed by atoms with Crippen LogP contribution in [-0.4, -0.2) is 65.2 Å². The van der Waals surface area contributed by atoms with Crippen LogP contribution in [0.25, 0.3) is 0 Å².